The van der Waals surface area contributed by atoms with E-state index in [4.69, 9.17) is 4.74 Å². The van der Waals surface area contributed by atoms with Gasteiger partial charge in [-0.1, -0.05) is 0 Å². The van der Waals surface area contributed by atoms with E-state index in [2.05, 4.69) is 0 Å². The molecule has 0 saturated carbocycles. The molecule has 0 radical (unpaired) electrons. The number of carbonyl (C=O) groups is 1. The number of benzene rings is 1. The first-order chi connectivity index (χ1) is 9.54. The van der Waals surface area contributed by atoms with Crippen LogP contribution in [0.4, 0.5) is 11.4 Å². The van der Waals surface area contributed by atoms with Gasteiger partial charge in [0.25, 0.3) is 5.69 Å². The fourth-order valence-corrected chi connectivity index (χ4v) is 2.68. The van der Waals surface area contributed by atoms with Crippen molar-refractivity contribution in [3.63, 3.8) is 0 Å². The molecule has 1 aliphatic rings. The molecule has 0 N–H and O–H groups in total. The second-order valence-corrected chi connectivity index (χ2v) is 4.96. The van der Waals surface area contributed by atoms with E-state index in [0.29, 0.717) is 0 Å². The number of nitro benzene ring substituents is 1. The first-order valence-electron chi connectivity index (χ1n) is 6.64. The largest absolute Gasteiger partial charge is 0.467 e. The molecule has 1 aromatic rings. The molecule has 1 fully saturated rings. The van der Waals surface area contributed by atoms with Crippen LogP contribution >= 0.6 is 0 Å². The molecule has 2 rings (SSSR count). The summed E-state index contributed by atoms with van der Waals surface area (Å²) in [6.45, 7) is 2.59. The maximum Gasteiger partial charge on any atom is 0.328 e. The van der Waals surface area contributed by atoms with Crippen molar-refractivity contribution in [1.82, 2.24) is 0 Å². The molecule has 0 amide bonds. The average molecular weight is 278 g/mol. The van der Waals surface area contributed by atoms with Crippen molar-refractivity contribution < 1.29 is 14.5 Å². The minimum absolute atomic E-state index is 0.0675. The van der Waals surface area contributed by atoms with Crippen LogP contribution in [0, 0.1) is 17.0 Å². The van der Waals surface area contributed by atoms with Gasteiger partial charge in [-0.3, -0.25) is 10.1 Å². The number of hydrogen-bond donors (Lipinski definition) is 0. The minimum atomic E-state index is -0.412. The number of anilines is 1. The summed E-state index contributed by atoms with van der Waals surface area (Å²) in [7, 11) is 1.39. The molecule has 0 aromatic heterocycles. The third-order valence-corrected chi connectivity index (χ3v) is 3.68. The van der Waals surface area contributed by atoms with Crippen LogP contribution in [0.25, 0.3) is 0 Å². The Morgan fingerprint density at radius 2 is 2.20 bits per heavy atom. The quantitative estimate of drug-likeness (QED) is 0.482. The van der Waals surface area contributed by atoms with Gasteiger partial charge in [0, 0.05) is 24.4 Å². The zero-order chi connectivity index (χ0) is 14.7. The molecule has 108 valence electrons. The Morgan fingerprint density at radius 3 is 2.80 bits per heavy atom. The second-order valence-electron chi connectivity index (χ2n) is 4.96. The Balaban J connectivity index is 2.32. The third-order valence-electron chi connectivity index (χ3n) is 3.68. The number of methoxy groups -OCH3 is 1. The summed E-state index contributed by atoms with van der Waals surface area (Å²) in [6.07, 6.45) is 2.75. The lowest BCUT2D eigenvalue weighted by Gasteiger charge is -2.36. The number of nitro groups is 1. The van der Waals surface area contributed by atoms with E-state index < -0.39 is 4.92 Å². The first kappa shape index (κ1) is 14.3. The third kappa shape index (κ3) is 2.74. The smallest absolute Gasteiger partial charge is 0.328 e. The highest BCUT2D eigenvalue weighted by atomic mass is 16.6. The lowest BCUT2D eigenvalue weighted by atomic mass is 10.00. The number of hydrogen-bond acceptors (Lipinski definition) is 5. The molecule has 0 aliphatic carbocycles. The van der Waals surface area contributed by atoms with E-state index in [1.165, 1.54) is 19.2 Å². The molecule has 1 heterocycles. The number of rotatable bonds is 3. The maximum atomic E-state index is 11.9. The van der Waals surface area contributed by atoms with Crippen molar-refractivity contribution in [2.24, 2.45) is 0 Å². The minimum Gasteiger partial charge on any atom is -0.467 e. The Bertz CT molecular complexity index is 530. The Morgan fingerprint density at radius 1 is 1.45 bits per heavy atom. The summed E-state index contributed by atoms with van der Waals surface area (Å²) in [4.78, 5) is 24.2. The number of ether oxygens (including phenoxy) is 1. The Labute approximate surface area is 117 Å². The van der Waals surface area contributed by atoms with Crippen molar-refractivity contribution in [2.75, 3.05) is 18.6 Å². The number of esters is 1. The molecule has 1 aromatic carbocycles. The van der Waals surface area contributed by atoms with Crippen molar-refractivity contribution in [2.45, 2.75) is 32.2 Å². The number of non-ortho nitro benzene ring substituents is 1. The van der Waals surface area contributed by atoms with Gasteiger partial charge >= 0.3 is 5.97 Å². The van der Waals surface area contributed by atoms with Gasteiger partial charge in [0.15, 0.2) is 0 Å². The van der Waals surface area contributed by atoms with E-state index >= 15 is 0 Å². The lowest BCUT2D eigenvalue weighted by Crippen LogP contribution is -2.45. The summed E-state index contributed by atoms with van der Waals surface area (Å²) < 4.78 is 4.85. The van der Waals surface area contributed by atoms with Crippen LogP contribution in [-0.2, 0) is 9.53 Å². The molecule has 1 atom stereocenters. The Hall–Kier alpha value is -2.11. The van der Waals surface area contributed by atoms with E-state index in [-0.39, 0.29) is 17.7 Å². The highest BCUT2D eigenvalue weighted by Gasteiger charge is 2.30. The zero-order valence-corrected chi connectivity index (χ0v) is 11.7. The maximum absolute atomic E-state index is 11.9. The van der Waals surface area contributed by atoms with Crippen LogP contribution < -0.4 is 4.90 Å². The molecule has 0 bridgehead atoms. The fraction of sp³-hybridized carbons (Fsp3) is 0.500. The van der Waals surface area contributed by atoms with Crippen molar-refractivity contribution in [3.8, 4) is 0 Å². The Kier molecular flexibility index (Phi) is 4.22. The van der Waals surface area contributed by atoms with E-state index in [1.807, 2.05) is 11.8 Å². The van der Waals surface area contributed by atoms with Gasteiger partial charge in [-0.05, 0) is 37.8 Å². The number of aryl methyl sites for hydroxylation is 1. The molecule has 6 heteroatoms. The van der Waals surface area contributed by atoms with E-state index in [1.54, 1.807) is 6.07 Å². The first-order valence-corrected chi connectivity index (χ1v) is 6.64. The van der Waals surface area contributed by atoms with Crippen LogP contribution in [0.3, 0.4) is 0 Å². The molecule has 1 unspecified atom stereocenters. The standard InChI is InChI=1S/C14H18N2O4/c1-10-9-11(16(18)19)6-7-12(10)15-8-4-3-5-13(15)14(17)20-2/h6-7,9,13H,3-5,8H2,1-2H3. The zero-order valence-electron chi connectivity index (χ0n) is 11.7. The molecule has 1 saturated heterocycles. The van der Waals surface area contributed by atoms with Gasteiger partial charge in [0.2, 0.25) is 0 Å². The SMILES string of the molecule is COC(=O)C1CCCCN1c1ccc([N+](=O)[O-])cc1C. The molecule has 1 aliphatic heterocycles. The number of carbonyl (C=O) groups excluding carboxylic acids is 1. The number of piperidine rings is 1. The van der Waals surface area contributed by atoms with E-state index in [9.17, 15) is 14.9 Å². The summed E-state index contributed by atoms with van der Waals surface area (Å²) >= 11 is 0. The monoisotopic (exact) mass is 278 g/mol. The van der Waals surface area contributed by atoms with Gasteiger partial charge < -0.3 is 9.64 Å². The average Bonchev–Trinajstić information content (AvgIpc) is 2.46. The van der Waals surface area contributed by atoms with Gasteiger partial charge in [0.05, 0.1) is 12.0 Å². The van der Waals surface area contributed by atoms with Crippen LogP contribution in [0.1, 0.15) is 24.8 Å². The molecule has 6 nitrogen and oxygen atoms in total. The van der Waals surface area contributed by atoms with Gasteiger partial charge in [-0.2, -0.15) is 0 Å². The normalized spacial score (nSPS) is 18.7. The van der Waals surface area contributed by atoms with Gasteiger partial charge in [-0.15, -0.1) is 0 Å². The summed E-state index contributed by atoms with van der Waals surface area (Å²) in [5.41, 5.74) is 1.73. The highest BCUT2D eigenvalue weighted by molar-refractivity contribution is 5.81. The molecule has 20 heavy (non-hydrogen) atoms. The lowest BCUT2D eigenvalue weighted by molar-refractivity contribution is -0.384. The highest BCUT2D eigenvalue weighted by Crippen LogP contribution is 2.30. The summed E-state index contributed by atoms with van der Waals surface area (Å²) in [6, 6.07) is 4.44. The van der Waals surface area contributed by atoms with E-state index in [0.717, 1.165) is 37.1 Å². The fourth-order valence-electron chi connectivity index (χ4n) is 2.68. The topological polar surface area (TPSA) is 72.7 Å². The van der Waals surface area contributed by atoms with Crippen LogP contribution in [0.5, 0.6) is 0 Å². The predicted molar refractivity (Wildman–Crippen MR) is 74.8 cm³/mol. The summed E-state index contributed by atoms with van der Waals surface area (Å²) in [5, 5.41) is 10.8. The summed E-state index contributed by atoms with van der Waals surface area (Å²) in [5.74, 6) is -0.248. The van der Waals surface area contributed by atoms with Crippen LogP contribution in [-0.4, -0.2) is 30.6 Å². The molecule has 0 spiro atoms. The molecular formula is C14H18N2O4. The molecular weight excluding hydrogens is 260 g/mol. The second kappa shape index (κ2) is 5.90. The van der Waals surface area contributed by atoms with Crippen molar-refractivity contribution in [3.05, 3.63) is 33.9 Å². The van der Waals surface area contributed by atoms with Crippen molar-refractivity contribution >= 4 is 17.3 Å². The van der Waals surface area contributed by atoms with Gasteiger partial charge in [0.1, 0.15) is 6.04 Å². The van der Waals surface area contributed by atoms with Gasteiger partial charge in [-0.25, -0.2) is 4.79 Å². The predicted octanol–water partition coefficient (Wildman–Crippen LogP) is 2.44. The van der Waals surface area contributed by atoms with Crippen LogP contribution in [0.2, 0.25) is 0 Å². The van der Waals surface area contributed by atoms with Crippen molar-refractivity contribution in [1.29, 1.82) is 0 Å². The van der Waals surface area contributed by atoms with Crippen LogP contribution in [0.15, 0.2) is 18.2 Å². The number of nitrogens with zero attached hydrogens (tertiary/aromatic N) is 2.